The van der Waals surface area contributed by atoms with E-state index in [-0.39, 0.29) is 0 Å². The van der Waals surface area contributed by atoms with Crippen molar-refractivity contribution in [3.05, 3.63) is 28.7 Å². The van der Waals surface area contributed by atoms with Crippen molar-refractivity contribution in [1.82, 2.24) is 20.2 Å². The number of ether oxygens (including phenoxy) is 1. The number of hydrogen-bond donors (Lipinski definition) is 0. The van der Waals surface area contributed by atoms with Crippen LogP contribution in [0.2, 0.25) is 25.7 Å². The van der Waals surface area contributed by atoms with Gasteiger partial charge in [0.1, 0.15) is 0 Å². The molecule has 0 saturated carbocycles. The summed E-state index contributed by atoms with van der Waals surface area (Å²) in [4.78, 5) is 1.49. The normalized spacial score (nSPS) is 11.8. The summed E-state index contributed by atoms with van der Waals surface area (Å²) in [5, 5.41) is 12.4. The molecule has 2 rings (SSSR count). The Bertz CT molecular complexity index is 567. The maximum Gasteiger partial charge on any atom is 0.205 e. The van der Waals surface area contributed by atoms with Gasteiger partial charge in [-0.2, -0.15) is 0 Å². The highest BCUT2D eigenvalue weighted by Crippen LogP contribution is 2.18. The Labute approximate surface area is 128 Å². The first-order chi connectivity index (χ1) is 9.44. The Balaban J connectivity index is 1.90. The van der Waals surface area contributed by atoms with Gasteiger partial charge in [0.2, 0.25) is 5.82 Å². The van der Waals surface area contributed by atoms with E-state index >= 15 is 0 Å². The molecule has 0 amide bonds. The number of rotatable bonds is 6. The average molecular weight is 355 g/mol. The zero-order chi connectivity index (χ0) is 14.6. The molecule has 5 nitrogen and oxygen atoms in total. The van der Waals surface area contributed by atoms with Crippen LogP contribution in [-0.4, -0.2) is 34.9 Å². The minimum atomic E-state index is -1.05. The first-order valence-corrected chi connectivity index (χ1v) is 11.1. The molecule has 0 atom stereocenters. The Morgan fingerprint density at radius 3 is 2.80 bits per heavy atom. The van der Waals surface area contributed by atoms with Gasteiger partial charge in [-0.3, -0.25) is 0 Å². The third-order valence-electron chi connectivity index (χ3n) is 2.74. The average Bonchev–Trinajstić information content (AvgIpc) is 2.82. The standard InChI is InChI=1S/C13H19BrN4OSi/c1-20(2,3)8-7-19-10-18-16-13(15-17-18)11-5-4-6-12(14)9-11/h4-6,9H,7-8,10H2,1-3H3. The van der Waals surface area contributed by atoms with Gasteiger partial charge in [0.25, 0.3) is 0 Å². The lowest BCUT2D eigenvalue weighted by atomic mass is 10.2. The summed E-state index contributed by atoms with van der Waals surface area (Å²) in [6.07, 6.45) is 0. The molecule has 1 aromatic carbocycles. The Morgan fingerprint density at radius 2 is 2.10 bits per heavy atom. The number of hydrogen-bond acceptors (Lipinski definition) is 4. The summed E-state index contributed by atoms with van der Waals surface area (Å²) >= 11 is 3.43. The van der Waals surface area contributed by atoms with Gasteiger partial charge in [-0.15, -0.1) is 15.0 Å². The van der Waals surface area contributed by atoms with E-state index in [1.54, 1.807) is 0 Å². The number of aromatic nitrogens is 4. The summed E-state index contributed by atoms with van der Waals surface area (Å²) < 4.78 is 6.59. The fourth-order valence-electron chi connectivity index (χ4n) is 1.57. The zero-order valence-corrected chi connectivity index (χ0v) is 14.6. The monoisotopic (exact) mass is 354 g/mol. The van der Waals surface area contributed by atoms with Gasteiger partial charge in [0, 0.05) is 24.7 Å². The van der Waals surface area contributed by atoms with E-state index in [2.05, 4.69) is 51.0 Å². The van der Waals surface area contributed by atoms with Crippen LogP contribution in [0.15, 0.2) is 28.7 Å². The van der Waals surface area contributed by atoms with E-state index in [4.69, 9.17) is 4.74 Å². The van der Waals surface area contributed by atoms with Crippen LogP contribution in [-0.2, 0) is 11.5 Å². The van der Waals surface area contributed by atoms with Crippen molar-refractivity contribution in [3.8, 4) is 11.4 Å². The third kappa shape index (κ3) is 4.81. The molecular formula is C13H19BrN4OSi. The molecule has 108 valence electrons. The molecule has 7 heteroatoms. The van der Waals surface area contributed by atoms with Crippen molar-refractivity contribution < 1.29 is 4.74 Å². The highest BCUT2D eigenvalue weighted by atomic mass is 79.9. The van der Waals surface area contributed by atoms with Gasteiger partial charge in [0.15, 0.2) is 6.73 Å². The molecule has 2 aromatic rings. The second-order valence-corrected chi connectivity index (χ2v) is 12.4. The molecule has 0 N–H and O–H groups in total. The van der Waals surface area contributed by atoms with Crippen LogP contribution in [0.5, 0.6) is 0 Å². The molecule has 0 spiro atoms. The van der Waals surface area contributed by atoms with E-state index in [1.807, 2.05) is 24.3 Å². The van der Waals surface area contributed by atoms with Gasteiger partial charge in [-0.05, 0) is 23.4 Å². The number of halogens is 1. The quantitative estimate of drug-likeness (QED) is 0.589. The zero-order valence-electron chi connectivity index (χ0n) is 12.0. The minimum absolute atomic E-state index is 0.353. The van der Waals surface area contributed by atoms with Gasteiger partial charge < -0.3 is 4.74 Å². The molecule has 0 saturated heterocycles. The predicted octanol–water partition coefficient (Wildman–Crippen LogP) is 3.41. The van der Waals surface area contributed by atoms with Gasteiger partial charge in [-0.1, -0.05) is 47.7 Å². The second-order valence-electron chi connectivity index (χ2n) is 5.84. The van der Waals surface area contributed by atoms with Crippen molar-refractivity contribution in [2.45, 2.75) is 32.4 Å². The minimum Gasteiger partial charge on any atom is -0.358 e. The molecule has 0 bridgehead atoms. The molecule has 0 aliphatic carbocycles. The van der Waals surface area contributed by atoms with Crippen molar-refractivity contribution in [1.29, 1.82) is 0 Å². The second kappa shape index (κ2) is 6.60. The molecule has 0 unspecified atom stereocenters. The predicted molar refractivity (Wildman–Crippen MR) is 85.1 cm³/mol. The molecule has 1 heterocycles. The summed E-state index contributed by atoms with van der Waals surface area (Å²) in [5.74, 6) is 0.611. The van der Waals surface area contributed by atoms with Crippen LogP contribution in [0.25, 0.3) is 11.4 Å². The highest BCUT2D eigenvalue weighted by Gasteiger charge is 2.12. The SMILES string of the molecule is C[Si](C)(C)CCOCn1nnc(-c2cccc(Br)c2)n1. The first kappa shape index (κ1) is 15.3. The molecule has 0 aliphatic heterocycles. The van der Waals surface area contributed by atoms with Crippen molar-refractivity contribution in [3.63, 3.8) is 0 Å². The Kier molecular flexibility index (Phi) is 5.06. The lowest BCUT2D eigenvalue weighted by molar-refractivity contribution is 0.0674. The van der Waals surface area contributed by atoms with Crippen molar-refractivity contribution in [2.24, 2.45) is 0 Å². The molecule has 0 radical (unpaired) electrons. The lowest BCUT2D eigenvalue weighted by Crippen LogP contribution is -2.22. The Hall–Kier alpha value is -1.05. The summed E-state index contributed by atoms with van der Waals surface area (Å²) in [7, 11) is -1.05. The maximum absolute atomic E-state index is 5.59. The van der Waals surface area contributed by atoms with Crippen molar-refractivity contribution in [2.75, 3.05) is 6.61 Å². The van der Waals surface area contributed by atoms with Crippen LogP contribution in [0, 0.1) is 0 Å². The van der Waals surface area contributed by atoms with E-state index in [0.717, 1.165) is 22.7 Å². The van der Waals surface area contributed by atoms with Crippen LogP contribution in [0.3, 0.4) is 0 Å². The van der Waals surface area contributed by atoms with Crippen LogP contribution in [0.1, 0.15) is 0 Å². The van der Waals surface area contributed by atoms with Crippen molar-refractivity contribution >= 4 is 24.0 Å². The third-order valence-corrected chi connectivity index (χ3v) is 4.94. The highest BCUT2D eigenvalue weighted by molar-refractivity contribution is 9.10. The topological polar surface area (TPSA) is 52.8 Å². The van der Waals surface area contributed by atoms with Crippen LogP contribution >= 0.6 is 15.9 Å². The Morgan fingerprint density at radius 1 is 1.30 bits per heavy atom. The van der Waals surface area contributed by atoms with E-state index in [1.165, 1.54) is 4.80 Å². The van der Waals surface area contributed by atoms with E-state index in [0.29, 0.717) is 12.6 Å². The number of benzene rings is 1. The number of nitrogens with zero attached hydrogens (tertiary/aromatic N) is 4. The maximum atomic E-state index is 5.59. The van der Waals surface area contributed by atoms with E-state index in [9.17, 15) is 0 Å². The molecular weight excluding hydrogens is 336 g/mol. The van der Waals surface area contributed by atoms with Crippen LogP contribution in [0.4, 0.5) is 0 Å². The molecule has 20 heavy (non-hydrogen) atoms. The molecule has 1 aromatic heterocycles. The lowest BCUT2D eigenvalue weighted by Gasteiger charge is -2.14. The first-order valence-electron chi connectivity index (χ1n) is 6.55. The largest absolute Gasteiger partial charge is 0.358 e. The smallest absolute Gasteiger partial charge is 0.205 e. The van der Waals surface area contributed by atoms with E-state index < -0.39 is 8.07 Å². The molecule has 0 aliphatic rings. The summed E-state index contributed by atoms with van der Waals surface area (Å²) in [6, 6.07) is 8.98. The summed E-state index contributed by atoms with van der Waals surface area (Å²) in [6.45, 7) is 8.09. The van der Waals surface area contributed by atoms with Gasteiger partial charge in [-0.25, -0.2) is 0 Å². The van der Waals surface area contributed by atoms with Gasteiger partial charge in [0.05, 0.1) is 0 Å². The van der Waals surface area contributed by atoms with Crippen LogP contribution < -0.4 is 0 Å². The fraction of sp³-hybridized carbons (Fsp3) is 0.462. The van der Waals surface area contributed by atoms with Gasteiger partial charge >= 0.3 is 0 Å². The molecule has 0 fully saturated rings. The number of tetrazole rings is 1. The fourth-order valence-corrected chi connectivity index (χ4v) is 2.72. The summed E-state index contributed by atoms with van der Waals surface area (Å²) in [5.41, 5.74) is 0.938.